The van der Waals surface area contributed by atoms with Crippen molar-refractivity contribution in [3.05, 3.63) is 52.5 Å². The van der Waals surface area contributed by atoms with E-state index in [1.54, 1.807) is 6.07 Å². The lowest BCUT2D eigenvalue weighted by Gasteiger charge is -2.13. The van der Waals surface area contributed by atoms with E-state index < -0.39 is 0 Å². The number of ether oxygens (including phenoxy) is 2. The van der Waals surface area contributed by atoms with Crippen molar-refractivity contribution in [1.29, 1.82) is 0 Å². The first-order chi connectivity index (χ1) is 13.0. The number of nitrogens with one attached hydrogen (secondary N) is 1. The number of unbranched alkanes of at least 4 members (excludes halogenated alkanes) is 1. The molecule has 0 atom stereocenters. The monoisotopic (exact) mass is 389 g/mol. The number of rotatable bonds is 10. The number of halogens is 1. The summed E-state index contributed by atoms with van der Waals surface area (Å²) < 4.78 is 11.5. The van der Waals surface area contributed by atoms with Gasteiger partial charge in [0.1, 0.15) is 0 Å². The standard InChI is InChI=1S/C22H28ClNO3/c1-4-6-13-27-20-11-7-17(15-21(20)26-5-2)8-12-22(25)24-19-10-9-18(23)14-16(19)3/h7,9-11,14-15H,4-6,8,12-13H2,1-3H3,(H,24,25). The zero-order valence-electron chi connectivity index (χ0n) is 16.3. The molecule has 0 saturated heterocycles. The largest absolute Gasteiger partial charge is 0.490 e. The fraction of sp³-hybridized carbons (Fsp3) is 0.409. The van der Waals surface area contributed by atoms with Crippen molar-refractivity contribution in [2.75, 3.05) is 18.5 Å². The molecule has 0 heterocycles. The average Bonchev–Trinajstić information content (AvgIpc) is 2.64. The van der Waals surface area contributed by atoms with Crippen molar-refractivity contribution in [2.45, 2.75) is 46.5 Å². The molecule has 0 radical (unpaired) electrons. The molecule has 0 spiro atoms. The van der Waals surface area contributed by atoms with E-state index in [-0.39, 0.29) is 5.91 Å². The van der Waals surface area contributed by atoms with E-state index in [0.29, 0.717) is 31.1 Å². The van der Waals surface area contributed by atoms with Gasteiger partial charge in [-0.25, -0.2) is 0 Å². The van der Waals surface area contributed by atoms with Gasteiger partial charge in [-0.2, -0.15) is 0 Å². The summed E-state index contributed by atoms with van der Waals surface area (Å²) in [6.07, 6.45) is 3.12. The molecule has 2 aromatic carbocycles. The summed E-state index contributed by atoms with van der Waals surface area (Å²) in [7, 11) is 0. The molecule has 0 fully saturated rings. The number of carbonyl (C=O) groups is 1. The van der Waals surface area contributed by atoms with E-state index in [1.165, 1.54) is 0 Å². The fourth-order valence-electron chi connectivity index (χ4n) is 2.66. The predicted octanol–water partition coefficient (Wildman–Crippen LogP) is 5.80. The van der Waals surface area contributed by atoms with Gasteiger partial charge in [0, 0.05) is 17.1 Å². The Balaban J connectivity index is 1.95. The second kappa shape index (κ2) is 10.8. The topological polar surface area (TPSA) is 47.6 Å². The van der Waals surface area contributed by atoms with Crippen LogP contribution in [-0.4, -0.2) is 19.1 Å². The fourth-order valence-corrected chi connectivity index (χ4v) is 2.89. The molecule has 0 aliphatic rings. The minimum Gasteiger partial charge on any atom is -0.490 e. The predicted molar refractivity (Wildman–Crippen MR) is 111 cm³/mol. The van der Waals surface area contributed by atoms with Crippen LogP contribution in [0.2, 0.25) is 5.02 Å². The summed E-state index contributed by atoms with van der Waals surface area (Å²) in [6.45, 7) is 7.26. The van der Waals surface area contributed by atoms with Crippen LogP contribution < -0.4 is 14.8 Å². The molecule has 0 aliphatic heterocycles. The van der Waals surface area contributed by atoms with Crippen LogP contribution >= 0.6 is 11.6 Å². The molecule has 0 saturated carbocycles. The van der Waals surface area contributed by atoms with Crippen LogP contribution in [0.25, 0.3) is 0 Å². The molecule has 27 heavy (non-hydrogen) atoms. The highest BCUT2D eigenvalue weighted by atomic mass is 35.5. The molecule has 1 amide bonds. The van der Waals surface area contributed by atoms with Crippen LogP contribution in [0.4, 0.5) is 5.69 Å². The molecule has 146 valence electrons. The summed E-state index contributed by atoms with van der Waals surface area (Å²) in [6, 6.07) is 11.3. The summed E-state index contributed by atoms with van der Waals surface area (Å²) in [5.74, 6) is 1.47. The molecule has 5 heteroatoms. The Kier molecular flexibility index (Phi) is 8.46. The molecule has 2 aromatic rings. The lowest BCUT2D eigenvalue weighted by atomic mass is 10.1. The van der Waals surface area contributed by atoms with E-state index in [4.69, 9.17) is 21.1 Å². The van der Waals surface area contributed by atoms with Crippen LogP contribution in [0, 0.1) is 6.92 Å². The van der Waals surface area contributed by atoms with E-state index in [9.17, 15) is 4.79 Å². The van der Waals surface area contributed by atoms with Gasteiger partial charge in [-0.15, -0.1) is 0 Å². The maximum Gasteiger partial charge on any atom is 0.224 e. The van der Waals surface area contributed by atoms with Crippen molar-refractivity contribution in [3.8, 4) is 11.5 Å². The summed E-state index contributed by atoms with van der Waals surface area (Å²) in [5, 5.41) is 3.60. The minimum absolute atomic E-state index is 0.0262. The third kappa shape index (κ3) is 6.79. The molecule has 0 aliphatic carbocycles. The van der Waals surface area contributed by atoms with E-state index >= 15 is 0 Å². The number of hydrogen-bond acceptors (Lipinski definition) is 3. The number of benzene rings is 2. The van der Waals surface area contributed by atoms with Gasteiger partial charge >= 0.3 is 0 Å². The quantitative estimate of drug-likeness (QED) is 0.522. The number of aryl methyl sites for hydroxylation is 2. The first-order valence-corrected chi connectivity index (χ1v) is 9.85. The summed E-state index contributed by atoms with van der Waals surface area (Å²) >= 11 is 5.95. The molecule has 0 aromatic heterocycles. The Labute approximate surface area is 166 Å². The number of amides is 1. The van der Waals surface area contributed by atoms with Gasteiger partial charge in [0.15, 0.2) is 11.5 Å². The van der Waals surface area contributed by atoms with Gasteiger partial charge in [0.05, 0.1) is 13.2 Å². The highest BCUT2D eigenvalue weighted by Gasteiger charge is 2.09. The van der Waals surface area contributed by atoms with Crippen LogP contribution in [0.3, 0.4) is 0 Å². The Morgan fingerprint density at radius 2 is 1.89 bits per heavy atom. The lowest BCUT2D eigenvalue weighted by molar-refractivity contribution is -0.116. The Hall–Kier alpha value is -2.20. The van der Waals surface area contributed by atoms with Gasteiger partial charge in [0.2, 0.25) is 5.91 Å². The van der Waals surface area contributed by atoms with Crippen molar-refractivity contribution in [3.63, 3.8) is 0 Å². The number of anilines is 1. The van der Waals surface area contributed by atoms with Gasteiger partial charge in [-0.05, 0) is 68.1 Å². The van der Waals surface area contributed by atoms with Crippen molar-refractivity contribution in [1.82, 2.24) is 0 Å². The van der Waals surface area contributed by atoms with Gasteiger partial charge in [-0.1, -0.05) is 31.0 Å². The molecule has 0 bridgehead atoms. The molecule has 4 nitrogen and oxygen atoms in total. The smallest absolute Gasteiger partial charge is 0.224 e. The Bertz CT molecular complexity index is 761. The first kappa shape index (κ1) is 21.1. The van der Waals surface area contributed by atoms with Gasteiger partial charge < -0.3 is 14.8 Å². The van der Waals surface area contributed by atoms with Crippen LogP contribution in [-0.2, 0) is 11.2 Å². The van der Waals surface area contributed by atoms with E-state index in [1.807, 2.05) is 44.2 Å². The highest BCUT2D eigenvalue weighted by molar-refractivity contribution is 6.30. The van der Waals surface area contributed by atoms with Crippen molar-refractivity contribution < 1.29 is 14.3 Å². The zero-order chi connectivity index (χ0) is 19.6. The van der Waals surface area contributed by atoms with Gasteiger partial charge in [-0.3, -0.25) is 4.79 Å². The zero-order valence-corrected chi connectivity index (χ0v) is 17.1. The average molecular weight is 390 g/mol. The molecule has 2 rings (SSSR count). The first-order valence-electron chi connectivity index (χ1n) is 9.48. The van der Waals surface area contributed by atoms with Crippen molar-refractivity contribution >= 4 is 23.2 Å². The second-order valence-electron chi connectivity index (χ2n) is 6.42. The second-order valence-corrected chi connectivity index (χ2v) is 6.86. The number of carbonyl (C=O) groups excluding carboxylic acids is 1. The maximum atomic E-state index is 12.3. The SMILES string of the molecule is CCCCOc1ccc(CCC(=O)Nc2ccc(Cl)cc2C)cc1OCC. The maximum absolute atomic E-state index is 12.3. The van der Waals surface area contributed by atoms with Gasteiger partial charge in [0.25, 0.3) is 0 Å². The third-order valence-electron chi connectivity index (χ3n) is 4.17. The summed E-state index contributed by atoms with van der Waals surface area (Å²) in [5.41, 5.74) is 2.78. The normalized spacial score (nSPS) is 10.5. The molecule has 0 unspecified atom stereocenters. The third-order valence-corrected chi connectivity index (χ3v) is 4.40. The van der Waals surface area contributed by atoms with E-state index in [0.717, 1.165) is 41.2 Å². The van der Waals surface area contributed by atoms with Crippen LogP contribution in [0.1, 0.15) is 44.2 Å². The highest BCUT2D eigenvalue weighted by Crippen LogP contribution is 2.29. The molecular formula is C22H28ClNO3. The van der Waals surface area contributed by atoms with E-state index in [2.05, 4.69) is 12.2 Å². The van der Waals surface area contributed by atoms with Crippen LogP contribution in [0.15, 0.2) is 36.4 Å². The molecular weight excluding hydrogens is 362 g/mol. The Morgan fingerprint density at radius 1 is 1.07 bits per heavy atom. The minimum atomic E-state index is -0.0262. The number of hydrogen-bond donors (Lipinski definition) is 1. The molecule has 1 N–H and O–H groups in total. The Morgan fingerprint density at radius 3 is 2.59 bits per heavy atom. The van der Waals surface area contributed by atoms with Crippen LogP contribution in [0.5, 0.6) is 11.5 Å². The summed E-state index contributed by atoms with van der Waals surface area (Å²) in [4.78, 5) is 12.3. The lowest BCUT2D eigenvalue weighted by Crippen LogP contribution is -2.13. The van der Waals surface area contributed by atoms with Crippen molar-refractivity contribution in [2.24, 2.45) is 0 Å².